The highest BCUT2D eigenvalue weighted by Gasteiger charge is 2.22. The molecule has 0 bridgehead atoms. The molecule has 0 unspecified atom stereocenters. The van der Waals surface area contributed by atoms with E-state index in [1.54, 1.807) is 0 Å². The second-order valence-electron chi connectivity index (χ2n) is 6.90. The number of alkyl carbamates (subject to hydrolysis) is 1. The molecule has 1 aliphatic heterocycles. The Bertz CT molecular complexity index is 493. The molecule has 0 spiro atoms. The van der Waals surface area contributed by atoms with Crippen LogP contribution in [-0.4, -0.2) is 46.5 Å². The lowest BCUT2D eigenvalue weighted by molar-refractivity contribution is 0.132. The third kappa shape index (κ3) is 4.73. The zero-order valence-electron chi connectivity index (χ0n) is 14.1. The zero-order valence-corrected chi connectivity index (χ0v) is 14.1. The van der Waals surface area contributed by atoms with Crippen LogP contribution >= 0.6 is 0 Å². The van der Waals surface area contributed by atoms with E-state index in [9.17, 15) is 4.79 Å². The molecule has 6 nitrogen and oxygen atoms in total. The van der Waals surface area contributed by atoms with Gasteiger partial charge < -0.3 is 10.1 Å². The zero-order chi connectivity index (χ0) is 16.2. The van der Waals surface area contributed by atoms with Gasteiger partial charge in [-0.3, -0.25) is 9.58 Å². The Balaban J connectivity index is 1.87. The summed E-state index contributed by atoms with van der Waals surface area (Å²) in [6.07, 6.45) is 5.84. The number of hydrogen-bond donors (Lipinski definition) is 1. The van der Waals surface area contributed by atoms with Crippen LogP contribution in [0.15, 0.2) is 12.4 Å². The number of amides is 1. The number of carbonyl (C=O) groups is 1. The van der Waals surface area contributed by atoms with Crippen molar-refractivity contribution in [3.8, 4) is 0 Å². The molecule has 1 N–H and O–H groups in total. The Morgan fingerprint density at radius 3 is 2.91 bits per heavy atom. The first-order chi connectivity index (χ1) is 10.4. The van der Waals surface area contributed by atoms with E-state index < -0.39 is 0 Å². The third-order valence-corrected chi connectivity index (χ3v) is 3.83. The molecule has 0 aliphatic carbocycles. The average Bonchev–Trinajstić information content (AvgIpc) is 2.88. The summed E-state index contributed by atoms with van der Waals surface area (Å²) in [5.41, 5.74) is 1.22. The van der Waals surface area contributed by atoms with Gasteiger partial charge in [-0.05, 0) is 47.1 Å². The van der Waals surface area contributed by atoms with Crippen LogP contribution in [0.25, 0.3) is 0 Å². The Kier molecular flexibility index (Phi) is 5.45. The normalized spacial score (nSPS) is 19.9. The summed E-state index contributed by atoms with van der Waals surface area (Å²) < 4.78 is 6.96. The van der Waals surface area contributed by atoms with Gasteiger partial charge in [0.15, 0.2) is 0 Å². The maximum Gasteiger partial charge on any atom is 0.407 e. The Morgan fingerprint density at radius 2 is 2.27 bits per heavy atom. The van der Waals surface area contributed by atoms with E-state index in [2.05, 4.69) is 42.3 Å². The number of nitrogens with zero attached hydrogens (tertiary/aromatic N) is 3. The van der Waals surface area contributed by atoms with Gasteiger partial charge in [-0.15, -0.1) is 0 Å². The van der Waals surface area contributed by atoms with Gasteiger partial charge in [-0.25, -0.2) is 4.79 Å². The predicted molar refractivity (Wildman–Crippen MR) is 85.7 cm³/mol. The lowest BCUT2D eigenvalue weighted by Crippen LogP contribution is -2.47. The van der Waals surface area contributed by atoms with Crippen LogP contribution in [0.2, 0.25) is 0 Å². The second-order valence-corrected chi connectivity index (χ2v) is 6.90. The van der Waals surface area contributed by atoms with Crippen molar-refractivity contribution in [3.05, 3.63) is 18.0 Å². The van der Waals surface area contributed by atoms with E-state index in [1.807, 2.05) is 17.8 Å². The molecule has 0 saturated carbocycles. The van der Waals surface area contributed by atoms with Gasteiger partial charge in [-0.1, -0.05) is 0 Å². The third-order valence-electron chi connectivity index (χ3n) is 3.83. The maximum atomic E-state index is 11.5. The maximum absolute atomic E-state index is 11.5. The van der Waals surface area contributed by atoms with Gasteiger partial charge in [0.2, 0.25) is 0 Å². The summed E-state index contributed by atoms with van der Waals surface area (Å²) in [4.78, 5) is 13.9. The topological polar surface area (TPSA) is 59.4 Å². The molecule has 1 amide bonds. The molecule has 2 heterocycles. The molecule has 22 heavy (non-hydrogen) atoms. The van der Waals surface area contributed by atoms with E-state index in [0.29, 0.717) is 6.61 Å². The van der Waals surface area contributed by atoms with Crippen molar-refractivity contribution in [1.29, 1.82) is 0 Å². The largest absolute Gasteiger partial charge is 0.450 e. The van der Waals surface area contributed by atoms with Crippen molar-refractivity contribution in [3.63, 3.8) is 0 Å². The van der Waals surface area contributed by atoms with Crippen molar-refractivity contribution in [1.82, 2.24) is 20.0 Å². The fourth-order valence-corrected chi connectivity index (χ4v) is 2.72. The molecule has 1 saturated heterocycles. The minimum atomic E-state index is -0.310. The van der Waals surface area contributed by atoms with E-state index in [0.717, 1.165) is 32.5 Å². The molecule has 1 atom stereocenters. The standard InChI is InChI=1S/C16H28N4O2/c1-5-22-15(21)18-14-7-6-8-19(12-14)10-13-9-17-20(11-13)16(2,3)4/h9,11,14H,5-8,10,12H2,1-4H3,(H,18,21)/t14-/m1/s1. The van der Waals surface area contributed by atoms with Crippen LogP contribution in [0.3, 0.4) is 0 Å². The van der Waals surface area contributed by atoms with Gasteiger partial charge in [0.1, 0.15) is 0 Å². The molecule has 1 aromatic rings. The molecule has 124 valence electrons. The van der Waals surface area contributed by atoms with Crippen LogP contribution < -0.4 is 5.32 Å². The summed E-state index contributed by atoms with van der Waals surface area (Å²) in [5, 5.41) is 7.39. The van der Waals surface area contributed by atoms with E-state index >= 15 is 0 Å². The number of hydrogen-bond acceptors (Lipinski definition) is 4. The Hall–Kier alpha value is -1.56. The summed E-state index contributed by atoms with van der Waals surface area (Å²) in [6, 6.07) is 0.172. The summed E-state index contributed by atoms with van der Waals surface area (Å²) in [7, 11) is 0. The Morgan fingerprint density at radius 1 is 1.50 bits per heavy atom. The lowest BCUT2D eigenvalue weighted by atomic mass is 10.1. The number of ether oxygens (including phenoxy) is 1. The fraction of sp³-hybridized carbons (Fsp3) is 0.750. The van der Waals surface area contributed by atoms with Crippen molar-refractivity contribution in [2.75, 3.05) is 19.7 Å². The summed E-state index contributed by atoms with van der Waals surface area (Å²) in [6.45, 7) is 11.4. The first-order valence-electron chi connectivity index (χ1n) is 8.08. The van der Waals surface area contributed by atoms with Crippen LogP contribution in [0.5, 0.6) is 0 Å². The minimum absolute atomic E-state index is 0.00808. The van der Waals surface area contributed by atoms with Crippen molar-refractivity contribution in [2.24, 2.45) is 0 Å². The highest BCUT2D eigenvalue weighted by Crippen LogP contribution is 2.17. The van der Waals surface area contributed by atoms with Crippen LogP contribution in [0.1, 0.15) is 46.1 Å². The van der Waals surface area contributed by atoms with Crippen molar-refractivity contribution in [2.45, 2.75) is 58.7 Å². The smallest absolute Gasteiger partial charge is 0.407 e. The minimum Gasteiger partial charge on any atom is -0.450 e. The second kappa shape index (κ2) is 7.13. The molecule has 0 aromatic carbocycles. The van der Waals surface area contributed by atoms with E-state index in [4.69, 9.17) is 4.74 Å². The van der Waals surface area contributed by atoms with Crippen LogP contribution in [0.4, 0.5) is 4.79 Å². The molecule has 1 fully saturated rings. The monoisotopic (exact) mass is 308 g/mol. The van der Waals surface area contributed by atoms with Crippen molar-refractivity contribution < 1.29 is 9.53 Å². The van der Waals surface area contributed by atoms with Gasteiger partial charge in [0.05, 0.1) is 18.3 Å². The van der Waals surface area contributed by atoms with Crippen molar-refractivity contribution >= 4 is 6.09 Å². The number of piperidine rings is 1. The Labute approximate surface area is 132 Å². The molecule has 0 radical (unpaired) electrons. The highest BCUT2D eigenvalue weighted by atomic mass is 16.5. The highest BCUT2D eigenvalue weighted by molar-refractivity contribution is 5.67. The molecule has 6 heteroatoms. The quantitative estimate of drug-likeness (QED) is 0.927. The van der Waals surface area contributed by atoms with Gasteiger partial charge >= 0.3 is 6.09 Å². The van der Waals surface area contributed by atoms with Crippen LogP contribution in [-0.2, 0) is 16.8 Å². The average molecular weight is 308 g/mol. The van der Waals surface area contributed by atoms with Crippen LogP contribution in [0, 0.1) is 0 Å². The number of likely N-dealkylation sites (tertiary alicyclic amines) is 1. The summed E-state index contributed by atoms with van der Waals surface area (Å²) in [5.74, 6) is 0. The first kappa shape index (κ1) is 16.8. The molecular formula is C16H28N4O2. The van der Waals surface area contributed by atoms with Gasteiger partial charge in [0.25, 0.3) is 0 Å². The molecule has 1 aromatic heterocycles. The van der Waals surface area contributed by atoms with Gasteiger partial charge in [0, 0.05) is 30.9 Å². The number of aromatic nitrogens is 2. The number of nitrogens with one attached hydrogen (secondary N) is 1. The summed E-state index contributed by atoms with van der Waals surface area (Å²) >= 11 is 0. The van der Waals surface area contributed by atoms with E-state index in [-0.39, 0.29) is 17.7 Å². The lowest BCUT2D eigenvalue weighted by Gasteiger charge is -2.32. The predicted octanol–water partition coefficient (Wildman–Crippen LogP) is 2.35. The molecule has 2 rings (SSSR count). The van der Waals surface area contributed by atoms with E-state index in [1.165, 1.54) is 5.56 Å². The molecular weight excluding hydrogens is 280 g/mol. The SMILES string of the molecule is CCOC(=O)N[C@@H]1CCCN(Cc2cnn(C(C)(C)C)c2)C1. The number of carbonyl (C=O) groups excluding carboxylic acids is 1. The number of rotatable bonds is 4. The van der Waals surface area contributed by atoms with Gasteiger partial charge in [-0.2, -0.15) is 5.10 Å². The first-order valence-corrected chi connectivity index (χ1v) is 8.08. The molecule has 1 aliphatic rings. The fourth-order valence-electron chi connectivity index (χ4n) is 2.72.